The number of hydrogen-bond donors (Lipinski definition) is 0. The average Bonchev–Trinajstić information content (AvgIpc) is 2.91. The van der Waals surface area contributed by atoms with Gasteiger partial charge in [-0.1, -0.05) is 34.1 Å². The number of halogens is 1. The van der Waals surface area contributed by atoms with Crippen LogP contribution in [0.5, 0.6) is 0 Å². The number of imide groups is 1. The van der Waals surface area contributed by atoms with Gasteiger partial charge in [0, 0.05) is 16.1 Å². The van der Waals surface area contributed by atoms with Gasteiger partial charge in [-0.3, -0.25) is 34.2 Å². The monoisotopic (exact) mass is 446 g/mol. The summed E-state index contributed by atoms with van der Waals surface area (Å²) in [5.41, 5.74) is -0.710. The van der Waals surface area contributed by atoms with Crippen LogP contribution >= 0.6 is 15.9 Å². The summed E-state index contributed by atoms with van der Waals surface area (Å²) in [4.78, 5) is 59.5. The Morgan fingerprint density at radius 1 is 1.07 bits per heavy atom. The van der Waals surface area contributed by atoms with Crippen LogP contribution in [0, 0.1) is 10.1 Å². The van der Waals surface area contributed by atoms with Gasteiger partial charge in [0.1, 0.15) is 12.1 Å². The van der Waals surface area contributed by atoms with Gasteiger partial charge in [0.15, 0.2) is 12.4 Å². The van der Waals surface area contributed by atoms with Crippen molar-refractivity contribution in [3.8, 4) is 0 Å². The third kappa shape index (κ3) is 3.67. The number of carbonyl (C=O) groups excluding carboxylic acids is 4. The summed E-state index contributed by atoms with van der Waals surface area (Å²) in [6.45, 7) is -1.32. The molecule has 2 aromatic carbocycles. The number of carbonyl (C=O) groups is 4. The molecular weight excluding hydrogens is 436 g/mol. The van der Waals surface area contributed by atoms with Crippen LogP contribution in [0.2, 0.25) is 0 Å². The van der Waals surface area contributed by atoms with E-state index in [9.17, 15) is 29.3 Å². The number of nitro groups is 1. The number of ketones is 1. The van der Waals surface area contributed by atoms with Crippen molar-refractivity contribution in [3.05, 3.63) is 73.7 Å². The molecule has 1 aliphatic heterocycles. The van der Waals surface area contributed by atoms with Gasteiger partial charge >= 0.3 is 5.97 Å². The van der Waals surface area contributed by atoms with Crippen molar-refractivity contribution in [2.45, 2.75) is 0 Å². The van der Waals surface area contributed by atoms with Gasteiger partial charge in [-0.25, -0.2) is 0 Å². The maximum absolute atomic E-state index is 12.4. The fourth-order valence-corrected chi connectivity index (χ4v) is 2.92. The Hall–Kier alpha value is -3.40. The average molecular weight is 447 g/mol. The Bertz CT molecular complexity index is 1020. The third-order valence-electron chi connectivity index (χ3n) is 3.99. The lowest BCUT2D eigenvalue weighted by atomic mass is 10.1. The number of Topliss-reactive ketones (excluding diaryl/α,β-unsaturated/α-hetero) is 1. The molecule has 0 fully saturated rings. The minimum Gasteiger partial charge on any atom is -0.456 e. The maximum atomic E-state index is 12.4. The van der Waals surface area contributed by atoms with Crippen LogP contribution in [0.15, 0.2) is 46.9 Å². The van der Waals surface area contributed by atoms with Crippen molar-refractivity contribution < 1.29 is 28.8 Å². The van der Waals surface area contributed by atoms with E-state index in [1.165, 1.54) is 12.1 Å². The molecule has 1 heterocycles. The quantitative estimate of drug-likeness (QED) is 0.219. The molecule has 2 amide bonds. The summed E-state index contributed by atoms with van der Waals surface area (Å²) in [5.74, 6) is -3.23. The van der Waals surface area contributed by atoms with Crippen molar-refractivity contribution >= 4 is 45.2 Å². The van der Waals surface area contributed by atoms with Crippen molar-refractivity contribution in [3.63, 3.8) is 0 Å². The first-order valence-corrected chi connectivity index (χ1v) is 8.67. The predicted octanol–water partition coefficient (Wildman–Crippen LogP) is 2.38. The lowest BCUT2D eigenvalue weighted by Gasteiger charge is -2.12. The van der Waals surface area contributed by atoms with Crippen LogP contribution in [0.3, 0.4) is 0 Å². The number of fused-ring (bicyclic) bond motifs is 1. The molecule has 142 valence electrons. The first kappa shape index (κ1) is 19.4. The zero-order chi connectivity index (χ0) is 20.4. The highest BCUT2D eigenvalue weighted by molar-refractivity contribution is 9.10. The highest BCUT2D eigenvalue weighted by atomic mass is 79.9. The van der Waals surface area contributed by atoms with E-state index >= 15 is 0 Å². The summed E-state index contributed by atoms with van der Waals surface area (Å²) < 4.78 is 5.62. The van der Waals surface area contributed by atoms with Gasteiger partial charge in [0.25, 0.3) is 17.5 Å². The first-order chi connectivity index (χ1) is 13.3. The SMILES string of the molecule is O=C(CN1C(=O)c2cccc([N+](=O)[O-])c2C1=O)OCC(=O)c1ccc(Br)cc1. The molecule has 0 aliphatic carbocycles. The molecule has 0 N–H and O–H groups in total. The second kappa shape index (κ2) is 7.69. The third-order valence-corrected chi connectivity index (χ3v) is 4.52. The van der Waals surface area contributed by atoms with E-state index in [1.54, 1.807) is 24.3 Å². The molecule has 3 rings (SSSR count). The topological polar surface area (TPSA) is 124 Å². The second-order valence-electron chi connectivity index (χ2n) is 5.74. The van der Waals surface area contributed by atoms with Crippen LogP contribution in [0.1, 0.15) is 31.1 Å². The number of benzene rings is 2. The van der Waals surface area contributed by atoms with Crippen molar-refractivity contribution in [2.75, 3.05) is 13.2 Å². The Labute approximate surface area is 166 Å². The molecule has 0 saturated heterocycles. The standard InChI is InChI=1S/C18H11BrN2O7/c19-11-6-4-10(5-7-11)14(22)9-28-15(23)8-20-17(24)12-2-1-3-13(21(26)27)16(12)18(20)25/h1-7H,8-9H2. The molecule has 0 unspecified atom stereocenters. The van der Waals surface area contributed by atoms with E-state index in [0.29, 0.717) is 10.5 Å². The van der Waals surface area contributed by atoms with Crippen LogP contribution < -0.4 is 0 Å². The van der Waals surface area contributed by atoms with Gasteiger partial charge in [0.2, 0.25) is 0 Å². The van der Waals surface area contributed by atoms with E-state index < -0.39 is 47.3 Å². The molecule has 1 aliphatic rings. The van der Waals surface area contributed by atoms with Gasteiger partial charge in [-0.2, -0.15) is 0 Å². The predicted molar refractivity (Wildman–Crippen MR) is 97.9 cm³/mol. The number of ether oxygens (including phenoxy) is 1. The summed E-state index contributed by atoms with van der Waals surface area (Å²) in [7, 11) is 0. The Morgan fingerprint density at radius 3 is 2.39 bits per heavy atom. The molecule has 0 aromatic heterocycles. The number of amides is 2. The summed E-state index contributed by atoms with van der Waals surface area (Å²) >= 11 is 3.24. The van der Waals surface area contributed by atoms with Gasteiger partial charge in [-0.15, -0.1) is 0 Å². The fourth-order valence-electron chi connectivity index (χ4n) is 2.65. The van der Waals surface area contributed by atoms with Gasteiger partial charge in [0.05, 0.1) is 10.5 Å². The highest BCUT2D eigenvalue weighted by Crippen LogP contribution is 2.30. The van der Waals surface area contributed by atoms with Gasteiger partial charge < -0.3 is 4.74 Å². The van der Waals surface area contributed by atoms with E-state index in [0.717, 1.165) is 10.5 Å². The zero-order valence-electron chi connectivity index (χ0n) is 14.1. The number of rotatable bonds is 6. The zero-order valence-corrected chi connectivity index (χ0v) is 15.7. The Kier molecular flexibility index (Phi) is 5.32. The molecule has 0 saturated carbocycles. The first-order valence-electron chi connectivity index (χ1n) is 7.87. The number of nitrogens with zero attached hydrogens (tertiary/aromatic N) is 2. The molecule has 28 heavy (non-hydrogen) atoms. The fraction of sp³-hybridized carbons (Fsp3) is 0.111. The van der Waals surface area contributed by atoms with Crippen LogP contribution in [0.4, 0.5) is 5.69 Å². The van der Waals surface area contributed by atoms with Crippen molar-refractivity contribution in [2.24, 2.45) is 0 Å². The van der Waals surface area contributed by atoms with E-state index in [4.69, 9.17) is 4.74 Å². The maximum Gasteiger partial charge on any atom is 0.326 e. The minimum atomic E-state index is -0.984. The summed E-state index contributed by atoms with van der Waals surface area (Å²) in [6, 6.07) is 10.0. The smallest absolute Gasteiger partial charge is 0.326 e. The molecule has 0 spiro atoms. The lowest BCUT2D eigenvalue weighted by molar-refractivity contribution is -0.385. The molecule has 9 nitrogen and oxygen atoms in total. The van der Waals surface area contributed by atoms with Crippen LogP contribution in [0.25, 0.3) is 0 Å². The second-order valence-corrected chi connectivity index (χ2v) is 6.66. The molecule has 0 radical (unpaired) electrons. The number of esters is 1. The minimum absolute atomic E-state index is 0.155. The Morgan fingerprint density at radius 2 is 1.75 bits per heavy atom. The van der Waals surface area contributed by atoms with Crippen LogP contribution in [-0.2, 0) is 9.53 Å². The number of hydrogen-bond acceptors (Lipinski definition) is 7. The lowest BCUT2D eigenvalue weighted by Crippen LogP contribution is -2.36. The number of nitro benzene ring substituents is 1. The van der Waals surface area contributed by atoms with Crippen molar-refractivity contribution in [1.82, 2.24) is 4.90 Å². The molecule has 10 heteroatoms. The Balaban J connectivity index is 1.66. The summed E-state index contributed by atoms with van der Waals surface area (Å²) in [6.07, 6.45) is 0. The molecular formula is C18H11BrN2O7. The largest absolute Gasteiger partial charge is 0.456 e. The van der Waals surface area contributed by atoms with E-state index in [1.807, 2.05) is 0 Å². The van der Waals surface area contributed by atoms with E-state index in [2.05, 4.69) is 15.9 Å². The highest BCUT2D eigenvalue weighted by Gasteiger charge is 2.41. The normalized spacial score (nSPS) is 12.7. The van der Waals surface area contributed by atoms with Gasteiger partial charge in [-0.05, 0) is 18.2 Å². The molecule has 2 aromatic rings. The molecule has 0 bridgehead atoms. The van der Waals surface area contributed by atoms with Crippen LogP contribution in [-0.4, -0.2) is 46.5 Å². The summed E-state index contributed by atoms with van der Waals surface area (Å²) in [5, 5.41) is 11.1. The van der Waals surface area contributed by atoms with Crippen molar-refractivity contribution in [1.29, 1.82) is 0 Å². The molecule has 0 atom stereocenters. The van der Waals surface area contributed by atoms with E-state index in [-0.39, 0.29) is 11.1 Å².